The molecule has 0 aliphatic heterocycles. The number of nitrogens with one attached hydrogen (secondary N) is 1. The maximum atomic E-state index is 12.0. The van der Waals surface area contributed by atoms with Crippen LogP contribution < -0.4 is 10.5 Å². The summed E-state index contributed by atoms with van der Waals surface area (Å²) in [5, 5.41) is 0. The number of benzene rings is 1. The lowest BCUT2D eigenvalue weighted by Crippen LogP contribution is -2.23. The minimum Gasteiger partial charge on any atom is -0.468 e. The molecule has 0 aliphatic carbocycles. The van der Waals surface area contributed by atoms with Gasteiger partial charge in [-0.3, -0.25) is 0 Å². The zero-order chi connectivity index (χ0) is 13.9. The van der Waals surface area contributed by atoms with Gasteiger partial charge in [-0.25, -0.2) is 13.1 Å². The van der Waals surface area contributed by atoms with Gasteiger partial charge in [0.2, 0.25) is 10.0 Å². The van der Waals surface area contributed by atoms with E-state index in [-0.39, 0.29) is 16.4 Å². The average molecular weight is 296 g/mol. The van der Waals surface area contributed by atoms with E-state index < -0.39 is 10.0 Å². The summed E-state index contributed by atoms with van der Waals surface area (Å²) in [6, 6.07) is 9.45. The van der Waals surface area contributed by atoms with Gasteiger partial charge in [-0.05, 0) is 24.3 Å². The number of nitrogens with two attached hydrogens (primary N) is 1. The minimum atomic E-state index is -3.57. The van der Waals surface area contributed by atoms with E-state index in [2.05, 4.69) is 4.72 Å². The van der Waals surface area contributed by atoms with Crippen molar-refractivity contribution in [3.63, 3.8) is 0 Å². The molecule has 2 rings (SSSR count). The molecule has 3 N–H and O–H groups in total. The predicted molar refractivity (Wildman–Crippen MR) is 75.1 cm³/mol. The first-order chi connectivity index (χ1) is 8.99. The zero-order valence-electron chi connectivity index (χ0n) is 9.87. The number of hydrogen-bond acceptors (Lipinski definition) is 4. The summed E-state index contributed by atoms with van der Waals surface area (Å²) in [5.74, 6) is 0.545. The van der Waals surface area contributed by atoms with E-state index in [0.29, 0.717) is 11.3 Å². The van der Waals surface area contributed by atoms with Crippen molar-refractivity contribution in [3.05, 3.63) is 54.0 Å². The topological polar surface area (TPSA) is 85.3 Å². The van der Waals surface area contributed by atoms with Crippen LogP contribution in [0, 0.1) is 0 Å². The Labute approximate surface area is 116 Å². The lowest BCUT2D eigenvalue weighted by atomic mass is 10.2. The highest BCUT2D eigenvalue weighted by Crippen LogP contribution is 2.11. The van der Waals surface area contributed by atoms with Gasteiger partial charge in [-0.15, -0.1) is 0 Å². The molecule has 0 saturated carbocycles. The summed E-state index contributed by atoms with van der Waals surface area (Å²) in [4.78, 5) is 0.381. The molecular weight excluding hydrogens is 284 g/mol. The summed E-state index contributed by atoms with van der Waals surface area (Å²) in [6.07, 6.45) is 1.49. The number of furan rings is 1. The van der Waals surface area contributed by atoms with Gasteiger partial charge >= 0.3 is 0 Å². The van der Waals surface area contributed by atoms with E-state index in [1.54, 1.807) is 24.3 Å². The highest BCUT2D eigenvalue weighted by Gasteiger charge is 2.14. The molecule has 1 aromatic heterocycles. The van der Waals surface area contributed by atoms with Crippen LogP contribution in [-0.2, 0) is 16.6 Å². The van der Waals surface area contributed by atoms with Crippen molar-refractivity contribution in [2.24, 2.45) is 5.73 Å². The molecule has 1 aromatic carbocycles. The Morgan fingerprint density at radius 2 is 1.95 bits per heavy atom. The van der Waals surface area contributed by atoms with Crippen molar-refractivity contribution in [2.75, 3.05) is 0 Å². The van der Waals surface area contributed by atoms with E-state index in [1.165, 1.54) is 18.4 Å². The van der Waals surface area contributed by atoms with E-state index in [4.69, 9.17) is 22.4 Å². The fourth-order valence-electron chi connectivity index (χ4n) is 1.46. The van der Waals surface area contributed by atoms with Crippen molar-refractivity contribution in [1.29, 1.82) is 0 Å². The second-order valence-corrected chi connectivity index (χ2v) is 6.00. The van der Waals surface area contributed by atoms with Gasteiger partial charge in [0.05, 0.1) is 17.7 Å². The normalized spacial score (nSPS) is 11.4. The van der Waals surface area contributed by atoms with Gasteiger partial charge in [0, 0.05) is 5.56 Å². The third-order valence-electron chi connectivity index (χ3n) is 2.47. The smallest absolute Gasteiger partial charge is 0.240 e. The number of rotatable bonds is 5. The highest BCUT2D eigenvalue weighted by atomic mass is 32.2. The van der Waals surface area contributed by atoms with Gasteiger partial charge < -0.3 is 10.2 Å². The monoisotopic (exact) mass is 296 g/mol. The molecule has 0 bridgehead atoms. The molecule has 2 aromatic rings. The van der Waals surface area contributed by atoms with Crippen LogP contribution in [0.2, 0.25) is 0 Å². The fraction of sp³-hybridized carbons (Fsp3) is 0.0833. The fourth-order valence-corrected chi connectivity index (χ4v) is 2.59. The SMILES string of the molecule is NC(=S)c1ccc(S(=O)(=O)NCc2ccco2)cc1. The maximum Gasteiger partial charge on any atom is 0.240 e. The highest BCUT2D eigenvalue weighted by molar-refractivity contribution is 7.89. The standard InChI is InChI=1S/C12H12N2O3S2/c13-12(18)9-3-5-11(6-4-9)19(15,16)14-8-10-2-1-7-17-10/h1-7,14H,8H2,(H2,13,18). The van der Waals surface area contributed by atoms with Gasteiger partial charge in [-0.2, -0.15) is 0 Å². The molecule has 5 nitrogen and oxygen atoms in total. The Hall–Kier alpha value is -1.70. The third-order valence-corrected chi connectivity index (χ3v) is 4.12. The van der Waals surface area contributed by atoms with Crippen LogP contribution in [0.5, 0.6) is 0 Å². The molecule has 0 saturated heterocycles. The van der Waals surface area contributed by atoms with E-state index >= 15 is 0 Å². The molecule has 0 spiro atoms. The molecule has 7 heteroatoms. The molecule has 0 amide bonds. The van der Waals surface area contributed by atoms with Crippen molar-refractivity contribution >= 4 is 27.2 Å². The lowest BCUT2D eigenvalue weighted by Gasteiger charge is -2.06. The lowest BCUT2D eigenvalue weighted by molar-refractivity contribution is 0.498. The van der Waals surface area contributed by atoms with Crippen LogP contribution in [0.4, 0.5) is 0 Å². The van der Waals surface area contributed by atoms with Crippen LogP contribution in [0.15, 0.2) is 52.0 Å². The van der Waals surface area contributed by atoms with E-state index in [9.17, 15) is 8.42 Å². The Morgan fingerprint density at radius 3 is 2.47 bits per heavy atom. The first-order valence-electron chi connectivity index (χ1n) is 5.41. The second kappa shape index (κ2) is 5.52. The largest absolute Gasteiger partial charge is 0.468 e. The Kier molecular flexibility index (Phi) is 3.98. The van der Waals surface area contributed by atoms with Gasteiger partial charge in [0.25, 0.3) is 0 Å². The Bertz CT molecular complexity index is 662. The van der Waals surface area contributed by atoms with E-state index in [0.717, 1.165) is 0 Å². The van der Waals surface area contributed by atoms with Gasteiger partial charge in [0.15, 0.2) is 0 Å². The quantitative estimate of drug-likeness (QED) is 0.814. The second-order valence-electron chi connectivity index (χ2n) is 3.79. The first-order valence-corrected chi connectivity index (χ1v) is 7.30. The zero-order valence-corrected chi connectivity index (χ0v) is 11.5. The number of thiocarbonyl (C=S) groups is 1. The maximum absolute atomic E-state index is 12.0. The van der Waals surface area contributed by atoms with Crippen molar-refractivity contribution in [3.8, 4) is 0 Å². The summed E-state index contributed by atoms with van der Waals surface area (Å²) in [6.45, 7) is 0.104. The van der Waals surface area contributed by atoms with Crippen LogP contribution in [0.25, 0.3) is 0 Å². The Morgan fingerprint density at radius 1 is 1.26 bits per heavy atom. The molecule has 0 aliphatic rings. The molecule has 0 atom stereocenters. The summed E-state index contributed by atoms with van der Waals surface area (Å²) in [7, 11) is -3.57. The molecule has 0 unspecified atom stereocenters. The van der Waals surface area contributed by atoms with Crippen LogP contribution >= 0.6 is 12.2 Å². The average Bonchev–Trinajstić information content (AvgIpc) is 2.90. The molecule has 0 fully saturated rings. The van der Waals surface area contributed by atoms with Crippen LogP contribution in [-0.4, -0.2) is 13.4 Å². The van der Waals surface area contributed by atoms with E-state index in [1.807, 2.05) is 0 Å². The van der Waals surface area contributed by atoms with Gasteiger partial charge in [-0.1, -0.05) is 24.4 Å². The predicted octanol–water partition coefficient (Wildman–Crippen LogP) is 1.39. The van der Waals surface area contributed by atoms with Crippen molar-refractivity contribution < 1.29 is 12.8 Å². The summed E-state index contributed by atoms with van der Waals surface area (Å²) in [5.41, 5.74) is 6.07. The molecular formula is C12H12N2O3S2. The molecule has 1 heterocycles. The Balaban J connectivity index is 2.13. The molecule has 0 radical (unpaired) electrons. The first kappa shape index (κ1) is 13.7. The van der Waals surface area contributed by atoms with Gasteiger partial charge in [0.1, 0.15) is 10.7 Å². The van der Waals surface area contributed by atoms with Crippen LogP contribution in [0.3, 0.4) is 0 Å². The summed E-state index contributed by atoms with van der Waals surface area (Å²) < 4.78 is 31.5. The summed E-state index contributed by atoms with van der Waals surface area (Å²) >= 11 is 4.80. The third kappa shape index (κ3) is 3.40. The van der Waals surface area contributed by atoms with Crippen LogP contribution in [0.1, 0.15) is 11.3 Å². The molecule has 100 valence electrons. The number of hydrogen-bond donors (Lipinski definition) is 2. The van der Waals surface area contributed by atoms with Crippen molar-refractivity contribution in [1.82, 2.24) is 4.72 Å². The molecule has 19 heavy (non-hydrogen) atoms. The minimum absolute atomic E-state index is 0.104. The van der Waals surface area contributed by atoms with Crippen molar-refractivity contribution in [2.45, 2.75) is 11.4 Å². The number of sulfonamides is 1.